The molecule has 0 aliphatic heterocycles. The first kappa shape index (κ1) is 20.1. The fraction of sp³-hybridized carbons (Fsp3) is 1.00. The van der Waals surface area contributed by atoms with Crippen LogP contribution in [0.5, 0.6) is 0 Å². The molecule has 122 valence electrons. The lowest BCUT2D eigenvalue weighted by Crippen LogP contribution is -2.42. The van der Waals surface area contributed by atoms with Crippen molar-refractivity contribution in [3.8, 4) is 0 Å². The monoisotopic (exact) mass is 302 g/mol. The van der Waals surface area contributed by atoms with Gasteiger partial charge in [-0.1, -0.05) is 72.6 Å². The molecule has 0 aromatic heterocycles. The Bertz CT molecular complexity index is 234. The lowest BCUT2D eigenvalue weighted by Gasteiger charge is -2.36. The summed E-state index contributed by atoms with van der Waals surface area (Å²) in [6.07, 6.45) is 9.71. The van der Waals surface area contributed by atoms with Crippen molar-refractivity contribution in [3.63, 3.8) is 0 Å². The predicted octanol–water partition coefficient (Wildman–Crippen LogP) is 5.51. The molecule has 0 radical (unpaired) electrons. The molecule has 0 saturated carbocycles. The van der Waals surface area contributed by atoms with Crippen molar-refractivity contribution in [2.75, 3.05) is 6.61 Å². The van der Waals surface area contributed by atoms with Gasteiger partial charge < -0.3 is 9.53 Å². The number of hydrogen-bond acceptors (Lipinski definition) is 2. The quantitative estimate of drug-likeness (QED) is 0.403. The van der Waals surface area contributed by atoms with Crippen LogP contribution in [0.2, 0.25) is 18.1 Å². The van der Waals surface area contributed by atoms with Gasteiger partial charge in [0, 0.05) is 0 Å². The van der Waals surface area contributed by atoms with Gasteiger partial charge in [-0.25, -0.2) is 0 Å². The molecule has 0 saturated heterocycles. The van der Waals surface area contributed by atoms with Crippen LogP contribution in [0.25, 0.3) is 0 Å². The third-order valence-electron chi connectivity index (χ3n) is 4.58. The Balaban J connectivity index is 3.62. The number of aliphatic hydroxyl groups is 1. The number of hydrogen-bond donors (Lipinski definition) is 1. The van der Waals surface area contributed by atoms with E-state index in [0.29, 0.717) is 6.61 Å². The molecule has 0 aromatic rings. The van der Waals surface area contributed by atoms with E-state index in [1.54, 1.807) is 0 Å². The summed E-state index contributed by atoms with van der Waals surface area (Å²) in [5.74, 6) is 0. The SMILES string of the molecule is CCCCCCCCC[C@@H](O)CO[Si](C)(C)C(C)(C)C. The first-order chi connectivity index (χ1) is 9.20. The highest BCUT2D eigenvalue weighted by Crippen LogP contribution is 2.36. The van der Waals surface area contributed by atoms with Gasteiger partial charge in [-0.15, -0.1) is 0 Å². The third kappa shape index (κ3) is 9.14. The van der Waals surface area contributed by atoms with Crippen LogP contribution in [0.15, 0.2) is 0 Å². The van der Waals surface area contributed by atoms with Crippen LogP contribution < -0.4 is 0 Å². The molecule has 3 heteroatoms. The molecule has 2 nitrogen and oxygen atoms in total. The Kier molecular flexibility index (Phi) is 10.0. The second-order valence-electron chi connectivity index (χ2n) is 7.64. The lowest BCUT2D eigenvalue weighted by atomic mass is 10.1. The predicted molar refractivity (Wildman–Crippen MR) is 91.8 cm³/mol. The first-order valence-electron chi connectivity index (χ1n) is 8.52. The van der Waals surface area contributed by atoms with E-state index >= 15 is 0 Å². The summed E-state index contributed by atoms with van der Waals surface area (Å²) in [6.45, 7) is 14.0. The Labute approximate surface area is 128 Å². The molecule has 0 aliphatic rings. The standard InChI is InChI=1S/C17H38O2Si/c1-7-8-9-10-11-12-13-14-16(18)15-19-20(5,6)17(2,3)4/h16,18H,7-15H2,1-6H3/t16-/m1/s1. The second kappa shape index (κ2) is 9.96. The Hall–Kier alpha value is 0.137. The van der Waals surface area contributed by atoms with Gasteiger partial charge in [-0.2, -0.15) is 0 Å². The van der Waals surface area contributed by atoms with Gasteiger partial charge in [0.2, 0.25) is 0 Å². The minimum atomic E-state index is -1.70. The normalized spacial score (nSPS) is 14.6. The maximum Gasteiger partial charge on any atom is 0.192 e. The van der Waals surface area contributed by atoms with Crippen LogP contribution in [0.4, 0.5) is 0 Å². The Morgan fingerprint density at radius 2 is 1.45 bits per heavy atom. The molecule has 0 heterocycles. The summed E-state index contributed by atoms with van der Waals surface area (Å²) < 4.78 is 6.05. The largest absolute Gasteiger partial charge is 0.414 e. The topological polar surface area (TPSA) is 29.5 Å². The van der Waals surface area contributed by atoms with Crippen LogP contribution in [0.1, 0.15) is 79.1 Å². The highest BCUT2D eigenvalue weighted by molar-refractivity contribution is 6.74. The summed E-state index contributed by atoms with van der Waals surface area (Å²) in [6, 6.07) is 0. The number of unbranched alkanes of at least 4 members (excludes halogenated alkanes) is 6. The summed E-state index contributed by atoms with van der Waals surface area (Å²) in [5.41, 5.74) is 0. The van der Waals surface area contributed by atoms with E-state index in [2.05, 4.69) is 40.8 Å². The van der Waals surface area contributed by atoms with Gasteiger partial charge in [0.15, 0.2) is 8.32 Å². The van der Waals surface area contributed by atoms with E-state index in [-0.39, 0.29) is 11.1 Å². The fourth-order valence-corrected chi connectivity index (χ4v) is 2.98. The number of aliphatic hydroxyl groups excluding tert-OH is 1. The van der Waals surface area contributed by atoms with E-state index in [9.17, 15) is 5.11 Å². The highest BCUT2D eigenvalue weighted by Gasteiger charge is 2.37. The van der Waals surface area contributed by atoms with E-state index < -0.39 is 8.32 Å². The summed E-state index contributed by atoms with van der Waals surface area (Å²) in [5, 5.41) is 10.2. The molecule has 0 spiro atoms. The highest BCUT2D eigenvalue weighted by atomic mass is 28.4. The average molecular weight is 303 g/mol. The van der Waals surface area contributed by atoms with E-state index in [1.165, 1.54) is 38.5 Å². The van der Waals surface area contributed by atoms with Crippen LogP contribution in [0.3, 0.4) is 0 Å². The van der Waals surface area contributed by atoms with Gasteiger partial charge in [0.25, 0.3) is 0 Å². The lowest BCUT2D eigenvalue weighted by molar-refractivity contribution is 0.0905. The molecule has 0 fully saturated rings. The molecule has 1 atom stereocenters. The van der Waals surface area contributed by atoms with Crippen LogP contribution in [0, 0.1) is 0 Å². The average Bonchev–Trinajstić information content (AvgIpc) is 2.34. The molecule has 0 amide bonds. The minimum absolute atomic E-state index is 0.228. The maximum absolute atomic E-state index is 10.0. The van der Waals surface area contributed by atoms with Gasteiger partial charge in [-0.05, 0) is 24.6 Å². The van der Waals surface area contributed by atoms with Crippen molar-refractivity contribution >= 4 is 8.32 Å². The van der Waals surface area contributed by atoms with Crippen LogP contribution >= 0.6 is 0 Å². The Morgan fingerprint density at radius 3 is 1.95 bits per heavy atom. The molecule has 0 rings (SSSR count). The Morgan fingerprint density at radius 1 is 0.950 bits per heavy atom. The van der Waals surface area contributed by atoms with E-state index in [1.807, 2.05) is 0 Å². The van der Waals surface area contributed by atoms with Crippen molar-refractivity contribution < 1.29 is 9.53 Å². The van der Waals surface area contributed by atoms with E-state index in [4.69, 9.17) is 4.43 Å². The summed E-state index contributed by atoms with van der Waals surface area (Å²) in [7, 11) is -1.70. The van der Waals surface area contributed by atoms with Crippen molar-refractivity contribution in [1.82, 2.24) is 0 Å². The van der Waals surface area contributed by atoms with Crippen molar-refractivity contribution in [1.29, 1.82) is 0 Å². The molecule has 0 unspecified atom stereocenters. The third-order valence-corrected chi connectivity index (χ3v) is 9.08. The zero-order chi connectivity index (χ0) is 15.6. The molecule has 1 N–H and O–H groups in total. The second-order valence-corrected chi connectivity index (χ2v) is 12.4. The van der Waals surface area contributed by atoms with Gasteiger partial charge in [-0.3, -0.25) is 0 Å². The minimum Gasteiger partial charge on any atom is -0.414 e. The molecular weight excluding hydrogens is 264 g/mol. The van der Waals surface area contributed by atoms with Crippen molar-refractivity contribution in [3.05, 3.63) is 0 Å². The number of rotatable bonds is 11. The maximum atomic E-state index is 10.0. The summed E-state index contributed by atoms with van der Waals surface area (Å²) >= 11 is 0. The van der Waals surface area contributed by atoms with Gasteiger partial charge >= 0.3 is 0 Å². The van der Waals surface area contributed by atoms with Crippen molar-refractivity contribution in [2.24, 2.45) is 0 Å². The fourth-order valence-electron chi connectivity index (χ4n) is 1.94. The zero-order valence-electron chi connectivity index (χ0n) is 14.8. The molecule has 0 aromatic carbocycles. The zero-order valence-corrected chi connectivity index (χ0v) is 15.8. The van der Waals surface area contributed by atoms with Crippen LogP contribution in [-0.2, 0) is 4.43 Å². The molecular formula is C17H38O2Si. The smallest absolute Gasteiger partial charge is 0.192 e. The molecule has 20 heavy (non-hydrogen) atoms. The van der Waals surface area contributed by atoms with Crippen molar-refractivity contribution in [2.45, 2.75) is 103 Å². The van der Waals surface area contributed by atoms with Crippen LogP contribution in [-0.4, -0.2) is 26.1 Å². The van der Waals surface area contributed by atoms with E-state index in [0.717, 1.165) is 12.8 Å². The molecule has 0 bridgehead atoms. The van der Waals surface area contributed by atoms with Gasteiger partial charge in [0.05, 0.1) is 12.7 Å². The first-order valence-corrected chi connectivity index (χ1v) is 11.4. The summed E-state index contributed by atoms with van der Waals surface area (Å²) in [4.78, 5) is 0. The molecule has 0 aliphatic carbocycles. The van der Waals surface area contributed by atoms with Gasteiger partial charge in [0.1, 0.15) is 0 Å².